The summed E-state index contributed by atoms with van der Waals surface area (Å²) in [4.78, 5) is 0. The quantitative estimate of drug-likeness (QED) is 0.342. The Hall–Kier alpha value is -2.26. The first-order valence-electron chi connectivity index (χ1n) is 11.6. The van der Waals surface area contributed by atoms with Crippen LogP contribution in [0.15, 0.2) is 66.7 Å². The van der Waals surface area contributed by atoms with Crippen LogP contribution in [0.2, 0.25) is 12.1 Å². The molecule has 0 spiro atoms. The van der Waals surface area contributed by atoms with Crippen molar-refractivity contribution in [2.45, 2.75) is 57.5 Å². The average molecular weight is 434 g/mol. The predicted molar refractivity (Wildman–Crippen MR) is 128 cm³/mol. The second-order valence-corrected chi connectivity index (χ2v) is 11.6. The predicted octanol–water partition coefficient (Wildman–Crippen LogP) is 7.33. The molecule has 0 aromatic heterocycles. The Bertz CT molecular complexity index is 971. The van der Waals surface area contributed by atoms with Crippen molar-refractivity contribution in [3.05, 3.63) is 89.5 Å². The van der Waals surface area contributed by atoms with E-state index in [1.165, 1.54) is 55.5 Å². The fourth-order valence-corrected chi connectivity index (χ4v) is 7.76. The zero-order valence-corrected chi connectivity index (χ0v) is 19.3. The maximum Gasteiger partial charge on any atom is 0.131 e. The van der Waals surface area contributed by atoms with Crippen molar-refractivity contribution in [3.8, 4) is 11.1 Å². The van der Waals surface area contributed by atoms with Gasteiger partial charge < -0.3 is 0 Å². The van der Waals surface area contributed by atoms with Crippen LogP contribution in [0.1, 0.15) is 43.7 Å². The number of hydrogen-bond acceptors (Lipinski definition) is 0. The second kappa shape index (κ2) is 10.4. The third-order valence-corrected chi connectivity index (χ3v) is 9.59. The molecule has 1 saturated heterocycles. The lowest BCUT2D eigenvalue weighted by molar-refractivity contribution is 0.434. The minimum atomic E-state index is -0.371. The molecule has 3 heteroatoms. The molecule has 4 rings (SSSR count). The molecule has 1 fully saturated rings. The molecule has 0 bridgehead atoms. The molecule has 1 radical (unpaired) electrons. The smallest absolute Gasteiger partial charge is 0.131 e. The van der Waals surface area contributed by atoms with Crippen LogP contribution in [0.3, 0.4) is 0 Å². The molecule has 0 N–H and O–H groups in total. The summed E-state index contributed by atoms with van der Waals surface area (Å²) in [6.07, 6.45) is 7.29. The number of benzene rings is 3. The minimum absolute atomic E-state index is 0.248. The molecule has 0 atom stereocenters. The molecular weight excluding hydrogens is 402 g/mol. The van der Waals surface area contributed by atoms with Gasteiger partial charge in [0.2, 0.25) is 0 Å². The van der Waals surface area contributed by atoms with Crippen LogP contribution in [-0.2, 0) is 12.8 Å². The van der Waals surface area contributed by atoms with Crippen LogP contribution in [0.4, 0.5) is 8.78 Å². The topological polar surface area (TPSA) is 0 Å². The first-order chi connectivity index (χ1) is 15.1. The molecule has 0 aliphatic carbocycles. The average Bonchev–Trinajstić information content (AvgIpc) is 2.80. The third kappa shape index (κ3) is 5.71. The van der Waals surface area contributed by atoms with Gasteiger partial charge in [-0.05, 0) is 53.6 Å². The summed E-state index contributed by atoms with van der Waals surface area (Å²) in [5.74, 6) is 0.410. The van der Waals surface area contributed by atoms with Crippen LogP contribution in [0.25, 0.3) is 11.1 Å². The first kappa shape index (κ1) is 21.9. The Morgan fingerprint density at radius 2 is 1.45 bits per heavy atom. The molecule has 0 amide bonds. The highest BCUT2D eigenvalue weighted by atomic mass is 28.3. The number of halogens is 2. The van der Waals surface area contributed by atoms with Crippen molar-refractivity contribution < 1.29 is 8.78 Å². The molecule has 0 unspecified atom stereocenters. The molecule has 0 nitrogen and oxygen atoms in total. The third-order valence-electron chi connectivity index (χ3n) is 6.66. The highest BCUT2D eigenvalue weighted by Crippen LogP contribution is 2.28. The molecule has 31 heavy (non-hydrogen) atoms. The lowest BCUT2D eigenvalue weighted by atomic mass is 9.97. The van der Waals surface area contributed by atoms with Gasteiger partial charge in [-0.25, -0.2) is 8.78 Å². The van der Waals surface area contributed by atoms with E-state index in [1.54, 1.807) is 29.5 Å². The van der Waals surface area contributed by atoms with Gasteiger partial charge in [0.1, 0.15) is 11.6 Å². The summed E-state index contributed by atoms with van der Waals surface area (Å²) < 4.78 is 27.7. The van der Waals surface area contributed by atoms with Crippen LogP contribution >= 0.6 is 0 Å². The molecule has 0 saturated carbocycles. The molecular formula is C28H31F2Si. The molecule has 1 aliphatic rings. The van der Waals surface area contributed by atoms with Gasteiger partial charge >= 0.3 is 0 Å². The van der Waals surface area contributed by atoms with Crippen LogP contribution in [0, 0.1) is 17.6 Å². The molecule has 161 valence electrons. The van der Waals surface area contributed by atoms with E-state index in [4.69, 9.17) is 0 Å². The number of rotatable bonds is 7. The summed E-state index contributed by atoms with van der Waals surface area (Å²) in [5.41, 5.74) is 3.53. The van der Waals surface area contributed by atoms with Gasteiger partial charge in [0.05, 0.1) is 8.80 Å². The first-order valence-corrected chi connectivity index (χ1v) is 13.5. The molecule has 3 aromatic rings. The van der Waals surface area contributed by atoms with Gasteiger partial charge in [0.15, 0.2) is 0 Å². The normalized spacial score (nSPS) is 15.3. The Labute approximate surface area is 186 Å². The van der Waals surface area contributed by atoms with E-state index in [1.807, 2.05) is 6.07 Å². The zero-order valence-electron chi connectivity index (χ0n) is 18.3. The summed E-state index contributed by atoms with van der Waals surface area (Å²) in [6, 6.07) is 23.5. The van der Waals surface area contributed by atoms with E-state index in [-0.39, 0.29) is 20.4 Å². The molecule has 1 aliphatic heterocycles. The van der Waals surface area contributed by atoms with Crippen molar-refractivity contribution in [2.75, 3.05) is 0 Å². The number of hydrogen-bond donors (Lipinski definition) is 0. The van der Waals surface area contributed by atoms with Crippen molar-refractivity contribution in [2.24, 2.45) is 5.92 Å². The maximum absolute atomic E-state index is 14.6. The van der Waals surface area contributed by atoms with Gasteiger partial charge in [0.25, 0.3) is 0 Å². The number of aryl methyl sites for hydroxylation is 2. The van der Waals surface area contributed by atoms with E-state index in [0.717, 1.165) is 24.3 Å². The second-order valence-electron chi connectivity index (χ2n) is 8.85. The van der Waals surface area contributed by atoms with Crippen molar-refractivity contribution >= 4 is 14.0 Å². The molecule has 3 aromatic carbocycles. The SMILES string of the molecule is CCCC1CC[Si](c2ccc(CCc3ccc(-c4ccc(F)cc4)c(F)c3)cc2)CC1. The Kier molecular flexibility index (Phi) is 7.34. The lowest BCUT2D eigenvalue weighted by Gasteiger charge is -2.27. The summed E-state index contributed by atoms with van der Waals surface area (Å²) >= 11 is 0. The monoisotopic (exact) mass is 433 g/mol. The van der Waals surface area contributed by atoms with Gasteiger partial charge in [-0.3, -0.25) is 0 Å². The largest absolute Gasteiger partial charge is 0.207 e. The van der Waals surface area contributed by atoms with E-state index in [2.05, 4.69) is 31.2 Å². The highest BCUT2D eigenvalue weighted by Gasteiger charge is 2.23. The van der Waals surface area contributed by atoms with E-state index >= 15 is 0 Å². The summed E-state index contributed by atoms with van der Waals surface area (Å²) in [6.45, 7) is 2.30. The van der Waals surface area contributed by atoms with Crippen molar-refractivity contribution in [1.29, 1.82) is 0 Å². The van der Waals surface area contributed by atoms with Gasteiger partial charge in [-0.1, -0.05) is 98.4 Å². The van der Waals surface area contributed by atoms with Crippen LogP contribution in [-0.4, -0.2) is 8.80 Å². The fourth-order valence-electron chi connectivity index (χ4n) is 4.79. The molecule has 1 heterocycles. The Morgan fingerprint density at radius 1 is 0.806 bits per heavy atom. The van der Waals surface area contributed by atoms with E-state index in [9.17, 15) is 8.78 Å². The maximum atomic E-state index is 14.6. The van der Waals surface area contributed by atoms with Gasteiger partial charge in [0, 0.05) is 5.56 Å². The van der Waals surface area contributed by atoms with Gasteiger partial charge in [-0.15, -0.1) is 0 Å². The standard InChI is InChI=1S/C28H31F2Si/c1-2-3-21-16-18-31(19-17-21)26-13-6-22(7-14-26)4-5-23-8-15-27(28(30)20-23)24-9-11-25(29)12-10-24/h6-15,20-21H,2-5,16-19H2,1H3. The van der Waals surface area contributed by atoms with Crippen LogP contribution in [0.5, 0.6) is 0 Å². The van der Waals surface area contributed by atoms with Crippen molar-refractivity contribution in [3.63, 3.8) is 0 Å². The summed E-state index contributed by atoms with van der Waals surface area (Å²) in [7, 11) is -0.371. The Balaban J connectivity index is 1.33. The minimum Gasteiger partial charge on any atom is -0.207 e. The van der Waals surface area contributed by atoms with Gasteiger partial charge in [-0.2, -0.15) is 0 Å². The zero-order chi connectivity index (χ0) is 21.6. The van der Waals surface area contributed by atoms with Crippen molar-refractivity contribution in [1.82, 2.24) is 0 Å². The summed E-state index contributed by atoms with van der Waals surface area (Å²) in [5, 5.41) is 1.58. The fraction of sp³-hybridized carbons (Fsp3) is 0.357. The van der Waals surface area contributed by atoms with E-state index in [0.29, 0.717) is 11.1 Å². The Morgan fingerprint density at radius 3 is 2.10 bits per heavy atom. The van der Waals surface area contributed by atoms with Crippen LogP contribution < -0.4 is 5.19 Å². The highest BCUT2D eigenvalue weighted by molar-refractivity contribution is 6.73. The van der Waals surface area contributed by atoms with E-state index < -0.39 is 0 Å². The lowest BCUT2D eigenvalue weighted by Crippen LogP contribution is -2.33.